The molecule has 23 heavy (non-hydrogen) atoms. The third-order valence-electron chi connectivity index (χ3n) is 5.28. The van der Waals surface area contributed by atoms with Crippen LogP contribution in [0.5, 0.6) is 5.75 Å². The van der Waals surface area contributed by atoms with Crippen LogP contribution in [-0.4, -0.2) is 29.4 Å². The number of benzene rings is 1. The largest absolute Gasteiger partial charge is 0.497 e. The molecule has 1 atom stereocenters. The Hall–Kier alpha value is -1.97. The smallest absolute Gasteiger partial charge is 0.220 e. The predicted molar refractivity (Wildman–Crippen MR) is 92.8 cm³/mol. The molecule has 0 unspecified atom stereocenters. The number of carbonyl (C=O) groups excluding carboxylic acids is 1. The Labute approximate surface area is 137 Å². The predicted octanol–water partition coefficient (Wildman–Crippen LogP) is 4.06. The zero-order valence-electron chi connectivity index (χ0n) is 14.5. The maximum absolute atomic E-state index is 12.2. The maximum atomic E-state index is 12.2. The molecule has 0 radical (unpaired) electrons. The van der Waals surface area contributed by atoms with Gasteiger partial charge in [0.1, 0.15) is 5.75 Å². The molecule has 2 heterocycles. The molecule has 4 nitrogen and oxygen atoms in total. The van der Waals surface area contributed by atoms with Crippen molar-refractivity contribution in [3.05, 3.63) is 29.5 Å². The highest BCUT2D eigenvalue weighted by molar-refractivity contribution is 5.87. The second-order valence-electron chi connectivity index (χ2n) is 6.41. The van der Waals surface area contributed by atoms with Crippen molar-refractivity contribution in [3.8, 4) is 5.75 Å². The Morgan fingerprint density at radius 2 is 2.13 bits per heavy atom. The van der Waals surface area contributed by atoms with Crippen molar-refractivity contribution < 1.29 is 9.53 Å². The SMILES string of the molecule is CCC(CC)[C@H]1c2[nH]c3cc(OC)ccc3c2CCN1C(C)=O. The number of hydrogen-bond acceptors (Lipinski definition) is 2. The molecule has 0 saturated carbocycles. The lowest BCUT2D eigenvalue weighted by Gasteiger charge is -2.39. The Balaban J connectivity index is 2.15. The number of H-pyrrole nitrogens is 1. The summed E-state index contributed by atoms with van der Waals surface area (Å²) in [6.07, 6.45) is 3.06. The molecule has 0 bridgehead atoms. The number of aromatic nitrogens is 1. The molecule has 0 aliphatic carbocycles. The molecule has 1 amide bonds. The van der Waals surface area contributed by atoms with Gasteiger partial charge in [-0.15, -0.1) is 0 Å². The molecule has 3 rings (SSSR count). The Kier molecular flexibility index (Phi) is 4.33. The van der Waals surface area contributed by atoms with E-state index in [1.807, 2.05) is 11.0 Å². The number of nitrogens with one attached hydrogen (secondary N) is 1. The second-order valence-corrected chi connectivity index (χ2v) is 6.41. The van der Waals surface area contributed by atoms with Crippen LogP contribution >= 0.6 is 0 Å². The van der Waals surface area contributed by atoms with Gasteiger partial charge in [-0.05, 0) is 30.0 Å². The van der Waals surface area contributed by atoms with Crippen LogP contribution in [0.25, 0.3) is 10.9 Å². The first kappa shape index (κ1) is 15.9. The van der Waals surface area contributed by atoms with E-state index in [-0.39, 0.29) is 11.9 Å². The summed E-state index contributed by atoms with van der Waals surface area (Å²) < 4.78 is 5.35. The number of ether oxygens (including phenoxy) is 1. The summed E-state index contributed by atoms with van der Waals surface area (Å²) >= 11 is 0. The first-order chi connectivity index (χ1) is 11.1. The average molecular weight is 314 g/mol. The molecule has 1 aromatic heterocycles. The minimum absolute atomic E-state index is 0.157. The molecule has 1 aliphatic rings. The highest BCUT2D eigenvalue weighted by Crippen LogP contribution is 2.41. The number of hydrogen-bond donors (Lipinski definition) is 1. The van der Waals surface area contributed by atoms with Gasteiger partial charge in [0.2, 0.25) is 5.91 Å². The third kappa shape index (κ3) is 2.60. The first-order valence-corrected chi connectivity index (χ1v) is 8.56. The molecule has 2 aromatic rings. The van der Waals surface area contributed by atoms with E-state index in [2.05, 4.69) is 31.0 Å². The van der Waals surface area contributed by atoms with Crippen LogP contribution in [0.1, 0.15) is 50.9 Å². The van der Waals surface area contributed by atoms with Crippen molar-refractivity contribution in [2.75, 3.05) is 13.7 Å². The zero-order chi connectivity index (χ0) is 16.6. The van der Waals surface area contributed by atoms with Gasteiger partial charge in [-0.3, -0.25) is 4.79 Å². The molecule has 1 aromatic carbocycles. The molecule has 124 valence electrons. The summed E-state index contributed by atoms with van der Waals surface area (Å²) in [5.74, 6) is 1.51. The molecule has 0 saturated heterocycles. The molecule has 1 aliphatic heterocycles. The van der Waals surface area contributed by atoms with Crippen LogP contribution in [0.15, 0.2) is 18.2 Å². The van der Waals surface area contributed by atoms with Crippen molar-refractivity contribution in [1.29, 1.82) is 0 Å². The maximum Gasteiger partial charge on any atom is 0.220 e. The number of amides is 1. The average Bonchev–Trinajstić information content (AvgIpc) is 2.93. The van der Waals surface area contributed by atoms with Crippen LogP contribution in [-0.2, 0) is 11.2 Å². The van der Waals surface area contributed by atoms with Crippen LogP contribution in [0.2, 0.25) is 0 Å². The molecule has 0 spiro atoms. The Morgan fingerprint density at radius 3 is 2.74 bits per heavy atom. The van der Waals surface area contributed by atoms with E-state index in [1.165, 1.54) is 16.6 Å². The lowest BCUT2D eigenvalue weighted by atomic mass is 9.85. The van der Waals surface area contributed by atoms with Gasteiger partial charge in [-0.25, -0.2) is 0 Å². The van der Waals surface area contributed by atoms with Crippen molar-refractivity contribution in [3.63, 3.8) is 0 Å². The molecular formula is C19H26N2O2. The van der Waals surface area contributed by atoms with E-state index in [0.717, 1.165) is 37.1 Å². The van der Waals surface area contributed by atoms with Gasteiger partial charge in [0, 0.05) is 36.1 Å². The summed E-state index contributed by atoms with van der Waals surface area (Å²) in [4.78, 5) is 17.8. The van der Waals surface area contributed by atoms with E-state index in [4.69, 9.17) is 4.74 Å². The van der Waals surface area contributed by atoms with Crippen molar-refractivity contribution >= 4 is 16.8 Å². The second kappa shape index (κ2) is 6.26. The molecule has 1 N–H and O–H groups in total. The quantitative estimate of drug-likeness (QED) is 0.925. The standard InChI is InChI=1S/C19H26N2O2/c1-5-13(6-2)19-18-16(9-10-21(19)12(3)22)15-8-7-14(23-4)11-17(15)20-18/h7-8,11,13,19-20H,5-6,9-10H2,1-4H3/t19-/m0/s1. The van der Waals surface area contributed by atoms with E-state index in [1.54, 1.807) is 14.0 Å². The topological polar surface area (TPSA) is 45.3 Å². The van der Waals surface area contributed by atoms with Crippen LogP contribution < -0.4 is 4.74 Å². The fourth-order valence-electron chi connectivity index (χ4n) is 4.01. The highest BCUT2D eigenvalue weighted by Gasteiger charge is 2.35. The van der Waals surface area contributed by atoms with Crippen molar-refractivity contribution in [2.24, 2.45) is 5.92 Å². The normalized spacial score (nSPS) is 17.6. The fraction of sp³-hybridized carbons (Fsp3) is 0.526. The van der Waals surface area contributed by atoms with Gasteiger partial charge in [-0.1, -0.05) is 26.7 Å². The summed E-state index contributed by atoms with van der Waals surface area (Å²) in [5, 5.41) is 1.26. The number of aromatic amines is 1. The van der Waals surface area contributed by atoms with Crippen LogP contribution in [0.3, 0.4) is 0 Å². The summed E-state index contributed by atoms with van der Waals surface area (Å²) in [7, 11) is 1.69. The number of methoxy groups -OCH3 is 1. The molecular weight excluding hydrogens is 288 g/mol. The Bertz CT molecular complexity index is 715. The summed E-state index contributed by atoms with van der Waals surface area (Å²) in [5.41, 5.74) is 3.70. The lowest BCUT2D eigenvalue weighted by Crippen LogP contribution is -2.42. The minimum Gasteiger partial charge on any atom is -0.497 e. The van der Waals surface area contributed by atoms with Crippen molar-refractivity contribution in [2.45, 2.75) is 46.1 Å². The van der Waals surface area contributed by atoms with Gasteiger partial charge < -0.3 is 14.6 Å². The first-order valence-electron chi connectivity index (χ1n) is 8.56. The number of nitrogens with zero attached hydrogens (tertiary/aromatic N) is 1. The number of carbonyl (C=O) groups is 1. The van der Waals surface area contributed by atoms with E-state index in [0.29, 0.717) is 5.92 Å². The van der Waals surface area contributed by atoms with Crippen LogP contribution in [0, 0.1) is 5.92 Å². The molecule has 0 fully saturated rings. The van der Waals surface area contributed by atoms with E-state index >= 15 is 0 Å². The van der Waals surface area contributed by atoms with Crippen molar-refractivity contribution in [1.82, 2.24) is 9.88 Å². The number of fused-ring (bicyclic) bond motifs is 3. The van der Waals surface area contributed by atoms with Gasteiger partial charge in [0.15, 0.2) is 0 Å². The van der Waals surface area contributed by atoms with Crippen LogP contribution in [0.4, 0.5) is 0 Å². The van der Waals surface area contributed by atoms with Gasteiger partial charge in [0.25, 0.3) is 0 Å². The van der Waals surface area contributed by atoms with Gasteiger partial charge >= 0.3 is 0 Å². The Morgan fingerprint density at radius 1 is 1.39 bits per heavy atom. The fourth-order valence-corrected chi connectivity index (χ4v) is 4.01. The third-order valence-corrected chi connectivity index (χ3v) is 5.28. The van der Waals surface area contributed by atoms with E-state index < -0.39 is 0 Å². The van der Waals surface area contributed by atoms with Gasteiger partial charge in [-0.2, -0.15) is 0 Å². The monoisotopic (exact) mass is 314 g/mol. The van der Waals surface area contributed by atoms with Gasteiger partial charge in [0.05, 0.1) is 13.2 Å². The lowest BCUT2D eigenvalue weighted by molar-refractivity contribution is -0.133. The molecule has 4 heteroatoms. The minimum atomic E-state index is 0.157. The van der Waals surface area contributed by atoms with E-state index in [9.17, 15) is 4.79 Å². The zero-order valence-corrected chi connectivity index (χ0v) is 14.5. The highest BCUT2D eigenvalue weighted by atomic mass is 16.5. The summed E-state index contributed by atoms with van der Waals surface area (Å²) in [6.45, 7) is 6.92. The number of rotatable bonds is 4. The summed E-state index contributed by atoms with van der Waals surface area (Å²) in [6, 6.07) is 6.36.